The smallest absolute Gasteiger partial charge is 0.411 e. The molecule has 0 radical (unpaired) electrons. The van der Waals surface area contributed by atoms with Crippen LogP contribution >= 0.6 is 0 Å². The molecule has 6 heteroatoms. The van der Waals surface area contributed by atoms with Crippen LogP contribution in [0.25, 0.3) is 0 Å². The number of nitrogens with zero attached hydrogens (tertiary/aromatic N) is 1. The first-order valence-electron chi connectivity index (χ1n) is 7.66. The molecular formula is C17H24N2O4. The van der Waals surface area contributed by atoms with Gasteiger partial charge in [0.15, 0.2) is 0 Å². The maximum atomic E-state index is 12.7. The Balaban J connectivity index is 2.40. The highest BCUT2D eigenvalue weighted by Gasteiger charge is 2.51. The summed E-state index contributed by atoms with van der Waals surface area (Å²) in [5.74, 6) is -0.405. The molecular weight excluding hydrogens is 296 g/mol. The normalized spacial score (nSPS) is 24.5. The van der Waals surface area contributed by atoms with Gasteiger partial charge in [-0.1, -0.05) is 12.1 Å². The van der Waals surface area contributed by atoms with Crippen molar-refractivity contribution < 1.29 is 19.4 Å². The number of carbonyl (C=O) groups is 2. The van der Waals surface area contributed by atoms with Crippen LogP contribution in [0.15, 0.2) is 24.3 Å². The number of rotatable bonds is 2. The SMILES string of the molecule is CC(C)(C)OC(=O)N1[C@H](c2ccc(O)cc2)CC[C@]1(C)C(N)=O. The van der Waals surface area contributed by atoms with Crippen molar-refractivity contribution in [2.75, 3.05) is 0 Å². The first-order valence-corrected chi connectivity index (χ1v) is 7.66. The highest BCUT2D eigenvalue weighted by Crippen LogP contribution is 2.43. The van der Waals surface area contributed by atoms with Gasteiger partial charge in [0.05, 0.1) is 6.04 Å². The lowest BCUT2D eigenvalue weighted by Crippen LogP contribution is -2.55. The zero-order valence-electron chi connectivity index (χ0n) is 14.0. The molecule has 2 rings (SSSR count). The van der Waals surface area contributed by atoms with E-state index in [4.69, 9.17) is 10.5 Å². The van der Waals surface area contributed by atoms with E-state index < -0.39 is 23.1 Å². The number of carbonyl (C=O) groups excluding carboxylic acids is 2. The predicted octanol–water partition coefficient (Wildman–Crippen LogP) is 2.71. The Labute approximate surface area is 136 Å². The minimum absolute atomic E-state index is 0.147. The molecule has 1 heterocycles. The highest BCUT2D eigenvalue weighted by molar-refractivity contribution is 5.89. The molecule has 6 nitrogen and oxygen atoms in total. The lowest BCUT2D eigenvalue weighted by atomic mass is 9.98. The molecule has 2 atom stereocenters. The Morgan fingerprint density at radius 2 is 1.87 bits per heavy atom. The third-order valence-electron chi connectivity index (χ3n) is 4.15. The molecule has 1 fully saturated rings. The molecule has 23 heavy (non-hydrogen) atoms. The second kappa shape index (κ2) is 5.76. The van der Waals surface area contributed by atoms with Gasteiger partial charge in [-0.05, 0) is 58.2 Å². The number of hydrogen-bond acceptors (Lipinski definition) is 4. The van der Waals surface area contributed by atoms with Crippen LogP contribution in [0.2, 0.25) is 0 Å². The quantitative estimate of drug-likeness (QED) is 0.876. The molecule has 0 aliphatic carbocycles. The second-order valence-corrected chi connectivity index (χ2v) is 7.13. The predicted molar refractivity (Wildman–Crippen MR) is 85.8 cm³/mol. The van der Waals surface area contributed by atoms with Crippen LogP contribution in [0, 0.1) is 0 Å². The maximum absolute atomic E-state index is 12.7. The van der Waals surface area contributed by atoms with Crippen molar-refractivity contribution in [2.45, 2.75) is 57.7 Å². The van der Waals surface area contributed by atoms with Gasteiger partial charge >= 0.3 is 6.09 Å². The molecule has 2 amide bonds. The fraction of sp³-hybridized carbons (Fsp3) is 0.529. The molecule has 1 aromatic carbocycles. The summed E-state index contributed by atoms with van der Waals surface area (Å²) >= 11 is 0. The van der Waals surface area contributed by atoms with Crippen LogP contribution in [0.1, 0.15) is 52.1 Å². The first-order chi connectivity index (χ1) is 10.5. The third kappa shape index (κ3) is 3.41. The van der Waals surface area contributed by atoms with E-state index >= 15 is 0 Å². The van der Waals surface area contributed by atoms with Crippen molar-refractivity contribution in [1.82, 2.24) is 4.90 Å². The Morgan fingerprint density at radius 3 is 2.35 bits per heavy atom. The average molecular weight is 320 g/mol. The molecule has 0 aromatic heterocycles. The molecule has 0 unspecified atom stereocenters. The van der Waals surface area contributed by atoms with E-state index in [9.17, 15) is 14.7 Å². The van der Waals surface area contributed by atoms with Gasteiger partial charge in [-0.25, -0.2) is 4.79 Å². The van der Waals surface area contributed by atoms with Gasteiger partial charge in [-0.15, -0.1) is 0 Å². The van der Waals surface area contributed by atoms with E-state index in [0.29, 0.717) is 12.8 Å². The summed E-state index contributed by atoms with van der Waals surface area (Å²) in [6.07, 6.45) is 0.505. The molecule has 1 aromatic rings. The van der Waals surface area contributed by atoms with Crippen LogP contribution in [-0.2, 0) is 9.53 Å². The molecule has 1 aliphatic rings. The van der Waals surface area contributed by atoms with Crippen LogP contribution < -0.4 is 5.73 Å². The van der Waals surface area contributed by atoms with Crippen LogP contribution in [-0.4, -0.2) is 33.1 Å². The average Bonchev–Trinajstić information content (AvgIpc) is 2.77. The monoisotopic (exact) mass is 320 g/mol. The van der Waals surface area contributed by atoms with Crippen LogP contribution in [0.3, 0.4) is 0 Å². The molecule has 0 saturated carbocycles. The maximum Gasteiger partial charge on any atom is 0.411 e. The standard InChI is InChI=1S/C17H24N2O4/c1-16(2,3)23-15(22)19-13(9-10-17(19,4)14(18)21)11-5-7-12(20)8-6-11/h5-8,13,20H,9-10H2,1-4H3,(H2,18,21)/t13-,17+/m0/s1. The van der Waals surface area contributed by atoms with Crippen molar-refractivity contribution in [3.8, 4) is 5.75 Å². The summed E-state index contributed by atoms with van der Waals surface area (Å²) < 4.78 is 5.47. The lowest BCUT2D eigenvalue weighted by Gasteiger charge is -2.37. The Kier molecular flexibility index (Phi) is 4.28. The number of phenolic OH excluding ortho intramolecular Hbond substituents is 1. The number of likely N-dealkylation sites (tertiary alicyclic amines) is 1. The summed E-state index contributed by atoms with van der Waals surface area (Å²) in [6.45, 7) is 6.99. The van der Waals surface area contributed by atoms with Crippen molar-refractivity contribution >= 4 is 12.0 Å². The number of primary amides is 1. The summed E-state index contributed by atoms with van der Waals surface area (Å²) in [7, 11) is 0. The zero-order valence-corrected chi connectivity index (χ0v) is 14.0. The number of benzene rings is 1. The van der Waals surface area contributed by atoms with Gasteiger partial charge in [0.2, 0.25) is 5.91 Å². The number of aromatic hydroxyl groups is 1. The van der Waals surface area contributed by atoms with E-state index in [0.717, 1.165) is 5.56 Å². The molecule has 1 saturated heterocycles. The van der Waals surface area contributed by atoms with Crippen molar-refractivity contribution in [1.29, 1.82) is 0 Å². The molecule has 126 valence electrons. The molecule has 0 spiro atoms. The van der Waals surface area contributed by atoms with E-state index in [2.05, 4.69) is 0 Å². The lowest BCUT2D eigenvalue weighted by molar-refractivity contribution is -0.128. The van der Waals surface area contributed by atoms with Crippen molar-refractivity contribution in [3.05, 3.63) is 29.8 Å². The van der Waals surface area contributed by atoms with E-state index in [1.807, 2.05) is 0 Å². The molecule has 3 N–H and O–H groups in total. The number of hydrogen-bond donors (Lipinski definition) is 2. The van der Waals surface area contributed by atoms with Crippen LogP contribution in [0.5, 0.6) is 5.75 Å². The van der Waals surface area contributed by atoms with Gasteiger partial charge in [-0.2, -0.15) is 0 Å². The Morgan fingerprint density at radius 1 is 1.30 bits per heavy atom. The minimum atomic E-state index is -1.09. The minimum Gasteiger partial charge on any atom is -0.508 e. The first kappa shape index (κ1) is 17.1. The summed E-state index contributed by atoms with van der Waals surface area (Å²) in [4.78, 5) is 26.1. The van der Waals surface area contributed by atoms with Crippen LogP contribution in [0.4, 0.5) is 4.79 Å². The molecule has 1 aliphatic heterocycles. The number of phenols is 1. The fourth-order valence-corrected chi connectivity index (χ4v) is 2.91. The Bertz CT molecular complexity index is 606. The van der Waals surface area contributed by atoms with Gasteiger partial charge in [-0.3, -0.25) is 9.69 Å². The van der Waals surface area contributed by atoms with E-state index in [1.165, 1.54) is 4.90 Å². The second-order valence-electron chi connectivity index (χ2n) is 7.13. The van der Waals surface area contributed by atoms with E-state index in [1.54, 1.807) is 52.0 Å². The summed E-state index contributed by atoms with van der Waals surface area (Å²) in [5, 5.41) is 9.44. The van der Waals surface area contributed by atoms with E-state index in [-0.39, 0.29) is 11.8 Å². The summed E-state index contributed by atoms with van der Waals surface area (Å²) in [5.41, 5.74) is 4.63. The Hall–Kier alpha value is -2.24. The molecule has 0 bridgehead atoms. The number of nitrogens with two attached hydrogens (primary N) is 1. The van der Waals surface area contributed by atoms with Gasteiger partial charge < -0.3 is 15.6 Å². The fourth-order valence-electron chi connectivity index (χ4n) is 2.91. The third-order valence-corrected chi connectivity index (χ3v) is 4.15. The number of ether oxygens (including phenoxy) is 1. The number of amides is 2. The topological polar surface area (TPSA) is 92.9 Å². The van der Waals surface area contributed by atoms with Gasteiger partial charge in [0.25, 0.3) is 0 Å². The zero-order chi connectivity index (χ0) is 17.4. The van der Waals surface area contributed by atoms with Gasteiger partial charge in [0.1, 0.15) is 16.9 Å². The van der Waals surface area contributed by atoms with Crippen molar-refractivity contribution in [2.24, 2.45) is 5.73 Å². The summed E-state index contributed by atoms with van der Waals surface area (Å²) in [6, 6.07) is 6.28. The van der Waals surface area contributed by atoms with Gasteiger partial charge in [0, 0.05) is 0 Å². The van der Waals surface area contributed by atoms with Crippen molar-refractivity contribution in [3.63, 3.8) is 0 Å². The largest absolute Gasteiger partial charge is 0.508 e. The highest BCUT2D eigenvalue weighted by atomic mass is 16.6.